The molecule has 8 nitrogen and oxygen atoms in total. The molecule has 1 aliphatic heterocycles. The third-order valence-corrected chi connectivity index (χ3v) is 5.41. The number of aromatic amines is 1. The van der Waals surface area contributed by atoms with Crippen molar-refractivity contribution in [3.8, 4) is 11.3 Å². The fraction of sp³-hybridized carbons (Fsp3) is 0.286. The van der Waals surface area contributed by atoms with E-state index >= 15 is 0 Å². The van der Waals surface area contributed by atoms with Gasteiger partial charge in [-0.15, -0.1) is 0 Å². The largest absolute Gasteiger partial charge is 0.354 e. The number of pyridine rings is 1. The molecule has 0 radical (unpaired) electrons. The molecule has 5 rings (SSSR count). The summed E-state index contributed by atoms with van der Waals surface area (Å²) in [7, 11) is 0. The van der Waals surface area contributed by atoms with Gasteiger partial charge in [0.05, 0.1) is 23.8 Å². The van der Waals surface area contributed by atoms with Gasteiger partial charge in [-0.2, -0.15) is 5.10 Å². The molecule has 146 valence electrons. The number of hydrogen-bond donors (Lipinski definition) is 1. The Labute approximate surface area is 167 Å². The molecule has 0 amide bonds. The Bertz CT molecular complexity index is 1210. The number of aryl methyl sites for hydroxylation is 1. The number of nitrogens with one attached hydrogen (secondary N) is 1. The molecule has 1 atom stereocenters. The molecular formula is C21H21N7O. The van der Waals surface area contributed by atoms with Crippen LogP contribution in [0, 0.1) is 6.92 Å². The molecule has 0 saturated carbocycles. The molecule has 4 aromatic heterocycles. The van der Waals surface area contributed by atoms with Crippen molar-refractivity contribution in [2.75, 3.05) is 11.4 Å². The molecule has 8 heteroatoms. The van der Waals surface area contributed by atoms with Crippen molar-refractivity contribution in [3.05, 3.63) is 65.1 Å². The summed E-state index contributed by atoms with van der Waals surface area (Å²) in [4.78, 5) is 31.1. The minimum Gasteiger partial charge on any atom is -0.354 e. The number of H-pyrrole nitrogens is 1. The van der Waals surface area contributed by atoms with E-state index in [-0.39, 0.29) is 11.6 Å². The zero-order valence-corrected chi connectivity index (χ0v) is 16.1. The van der Waals surface area contributed by atoms with E-state index in [1.807, 2.05) is 25.1 Å². The van der Waals surface area contributed by atoms with Gasteiger partial charge in [0.1, 0.15) is 11.8 Å². The Kier molecular flexibility index (Phi) is 4.31. The van der Waals surface area contributed by atoms with Gasteiger partial charge in [-0.3, -0.25) is 9.78 Å². The SMILES string of the molecule is Cc1cc2ncnc(N3CCCC3Cn3nc(-c4ccncc4)ccc3=O)c2[nH]1. The van der Waals surface area contributed by atoms with Gasteiger partial charge in [0, 0.05) is 36.3 Å². The molecule has 0 bridgehead atoms. The van der Waals surface area contributed by atoms with Crippen LogP contribution in [0.2, 0.25) is 0 Å². The topological polar surface area (TPSA) is 92.6 Å². The Hall–Kier alpha value is -3.55. The third-order valence-electron chi connectivity index (χ3n) is 5.41. The fourth-order valence-corrected chi connectivity index (χ4v) is 4.04. The van der Waals surface area contributed by atoms with E-state index in [1.165, 1.54) is 0 Å². The van der Waals surface area contributed by atoms with Gasteiger partial charge in [0.25, 0.3) is 5.56 Å². The number of anilines is 1. The van der Waals surface area contributed by atoms with E-state index in [4.69, 9.17) is 0 Å². The number of aromatic nitrogens is 6. The summed E-state index contributed by atoms with van der Waals surface area (Å²) >= 11 is 0. The standard InChI is InChI=1S/C21H21N7O/c1-14-11-18-20(25-14)21(24-13-23-18)27-10-2-3-16(27)12-28-19(29)5-4-17(26-28)15-6-8-22-9-7-15/h4-9,11,13,16,25H,2-3,10,12H2,1H3. The first-order valence-corrected chi connectivity index (χ1v) is 9.74. The van der Waals surface area contributed by atoms with E-state index in [2.05, 4.69) is 29.9 Å². The molecule has 1 unspecified atom stereocenters. The quantitative estimate of drug-likeness (QED) is 0.579. The molecule has 1 N–H and O–H groups in total. The molecule has 1 saturated heterocycles. The first-order valence-electron chi connectivity index (χ1n) is 9.74. The van der Waals surface area contributed by atoms with E-state index in [9.17, 15) is 4.79 Å². The van der Waals surface area contributed by atoms with Gasteiger partial charge in [-0.05, 0) is 44.0 Å². The second kappa shape index (κ2) is 7.12. The highest BCUT2D eigenvalue weighted by Gasteiger charge is 2.28. The number of nitrogens with zero attached hydrogens (tertiary/aromatic N) is 6. The van der Waals surface area contributed by atoms with Gasteiger partial charge < -0.3 is 9.88 Å². The summed E-state index contributed by atoms with van der Waals surface area (Å²) in [5.41, 5.74) is 4.52. The zero-order chi connectivity index (χ0) is 19.8. The maximum absolute atomic E-state index is 12.5. The molecule has 4 aromatic rings. The predicted molar refractivity (Wildman–Crippen MR) is 111 cm³/mol. The summed E-state index contributed by atoms with van der Waals surface area (Å²) in [5.74, 6) is 0.893. The maximum Gasteiger partial charge on any atom is 0.266 e. The lowest BCUT2D eigenvalue weighted by Gasteiger charge is -2.26. The summed E-state index contributed by atoms with van der Waals surface area (Å²) in [6, 6.07) is 9.30. The van der Waals surface area contributed by atoms with E-state index < -0.39 is 0 Å². The van der Waals surface area contributed by atoms with Gasteiger partial charge in [-0.25, -0.2) is 14.6 Å². The van der Waals surface area contributed by atoms with Crippen molar-refractivity contribution in [2.24, 2.45) is 0 Å². The Morgan fingerprint density at radius 3 is 2.90 bits per heavy atom. The monoisotopic (exact) mass is 387 g/mol. The summed E-state index contributed by atoms with van der Waals surface area (Å²) in [6.07, 6.45) is 7.09. The normalized spacial score (nSPS) is 16.6. The molecule has 0 aliphatic carbocycles. The van der Waals surface area contributed by atoms with Crippen molar-refractivity contribution < 1.29 is 0 Å². The smallest absolute Gasteiger partial charge is 0.266 e. The molecule has 5 heterocycles. The van der Waals surface area contributed by atoms with Crippen LogP contribution in [0.15, 0.2) is 53.8 Å². The Morgan fingerprint density at radius 2 is 2.03 bits per heavy atom. The van der Waals surface area contributed by atoms with Crippen molar-refractivity contribution in [1.29, 1.82) is 0 Å². The summed E-state index contributed by atoms with van der Waals surface area (Å²) < 4.78 is 1.57. The van der Waals surface area contributed by atoms with E-state index in [1.54, 1.807) is 35.5 Å². The van der Waals surface area contributed by atoms with Gasteiger partial charge in [0.15, 0.2) is 5.82 Å². The van der Waals surface area contributed by atoms with Crippen molar-refractivity contribution in [2.45, 2.75) is 32.4 Å². The lowest BCUT2D eigenvalue weighted by Crippen LogP contribution is -2.37. The van der Waals surface area contributed by atoms with Crippen LogP contribution >= 0.6 is 0 Å². The van der Waals surface area contributed by atoms with Gasteiger partial charge >= 0.3 is 0 Å². The van der Waals surface area contributed by atoms with Crippen LogP contribution < -0.4 is 10.5 Å². The summed E-state index contributed by atoms with van der Waals surface area (Å²) in [6.45, 7) is 3.43. The minimum atomic E-state index is -0.0989. The van der Waals surface area contributed by atoms with E-state index in [0.29, 0.717) is 6.54 Å². The minimum absolute atomic E-state index is 0.0989. The number of rotatable bonds is 4. The van der Waals surface area contributed by atoms with Crippen LogP contribution in [0.25, 0.3) is 22.3 Å². The summed E-state index contributed by atoms with van der Waals surface area (Å²) in [5, 5.41) is 4.61. The van der Waals surface area contributed by atoms with Gasteiger partial charge in [-0.1, -0.05) is 0 Å². The highest BCUT2D eigenvalue weighted by Crippen LogP contribution is 2.29. The van der Waals surface area contributed by atoms with Gasteiger partial charge in [0.2, 0.25) is 0 Å². The van der Waals surface area contributed by atoms with Crippen molar-refractivity contribution in [1.82, 2.24) is 29.7 Å². The zero-order valence-electron chi connectivity index (χ0n) is 16.1. The van der Waals surface area contributed by atoms with Crippen LogP contribution in [0.1, 0.15) is 18.5 Å². The molecular weight excluding hydrogens is 366 g/mol. The van der Waals surface area contributed by atoms with Crippen LogP contribution in [0.4, 0.5) is 5.82 Å². The van der Waals surface area contributed by atoms with Crippen LogP contribution in [0.5, 0.6) is 0 Å². The number of hydrogen-bond acceptors (Lipinski definition) is 6. The Balaban J connectivity index is 1.48. The fourth-order valence-electron chi connectivity index (χ4n) is 4.04. The second-order valence-electron chi connectivity index (χ2n) is 7.37. The van der Waals surface area contributed by atoms with Crippen LogP contribution in [-0.4, -0.2) is 42.3 Å². The molecule has 0 spiro atoms. The van der Waals surface area contributed by atoms with E-state index in [0.717, 1.165) is 53.2 Å². The van der Waals surface area contributed by atoms with Crippen molar-refractivity contribution in [3.63, 3.8) is 0 Å². The lowest BCUT2D eigenvalue weighted by molar-refractivity contribution is 0.489. The average molecular weight is 387 g/mol. The maximum atomic E-state index is 12.5. The first kappa shape index (κ1) is 17.5. The molecule has 1 fully saturated rings. The van der Waals surface area contributed by atoms with Crippen molar-refractivity contribution >= 4 is 16.9 Å². The van der Waals surface area contributed by atoms with Crippen LogP contribution in [0.3, 0.4) is 0 Å². The van der Waals surface area contributed by atoms with Crippen LogP contribution in [-0.2, 0) is 6.54 Å². The molecule has 0 aromatic carbocycles. The molecule has 29 heavy (non-hydrogen) atoms. The molecule has 1 aliphatic rings. The first-order chi connectivity index (χ1) is 14.2. The average Bonchev–Trinajstić information content (AvgIpc) is 3.35. The highest BCUT2D eigenvalue weighted by atomic mass is 16.1. The lowest BCUT2D eigenvalue weighted by atomic mass is 10.2. The third kappa shape index (κ3) is 3.26. The highest BCUT2D eigenvalue weighted by molar-refractivity contribution is 5.87. The Morgan fingerprint density at radius 1 is 1.17 bits per heavy atom. The predicted octanol–water partition coefficient (Wildman–Crippen LogP) is 2.55. The second-order valence-corrected chi connectivity index (χ2v) is 7.37. The number of fused-ring (bicyclic) bond motifs is 1.